The number of anilines is 1. The van der Waals surface area contributed by atoms with E-state index in [-0.39, 0.29) is 29.1 Å². The van der Waals surface area contributed by atoms with Crippen LogP contribution in [0.15, 0.2) is 47.8 Å². The van der Waals surface area contributed by atoms with Crippen LogP contribution in [0.2, 0.25) is 10.0 Å². The van der Waals surface area contributed by atoms with Crippen LogP contribution in [-0.2, 0) is 0 Å². The molecule has 4 rings (SSSR count). The summed E-state index contributed by atoms with van der Waals surface area (Å²) in [6.45, 7) is 2.43. The number of carbonyl (C=O) groups is 1. The minimum atomic E-state index is -0.203. The van der Waals surface area contributed by atoms with E-state index < -0.39 is 0 Å². The number of rotatable bonds is 3. The topological polar surface area (TPSA) is 51.0 Å². The average molecular weight is 423 g/mol. The minimum Gasteiger partial charge on any atom is -0.305 e. The van der Waals surface area contributed by atoms with Crippen LogP contribution in [0, 0.1) is 0 Å². The number of pyridine rings is 1. The number of fused-ring (bicyclic) bond motifs is 1. The number of nitrogens with zero attached hydrogens (tertiary/aromatic N) is 4. The molecule has 5 nitrogen and oxygen atoms in total. The Bertz CT molecular complexity index is 1040. The van der Waals surface area contributed by atoms with Gasteiger partial charge in [0, 0.05) is 24.0 Å². The molecule has 27 heavy (non-hydrogen) atoms. The Labute approximate surface area is 169 Å². The van der Waals surface area contributed by atoms with E-state index in [2.05, 4.69) is 10.1 Å². The van der Waals surface area contributed by atoms with E-state index in [1.165, 1.54) is 6.20 Å². The van der Waals surface area contributed by atoms with Gasteiger partial charge >= 0.3 is 0 Å². The van der Waals surface area contributed by atoms with Crippen LogP contribution in [0.5, 0.6) is 0 Å². The molecule has 0 aliphatic carbocycles. The van der Waals surface area contributed by atoms with E-state index in [0.29, 0.717) is 39.1 Å². The Kier molecular flexibility index (Phi) is 4.84. The number of carbonyl (C=O) groups excluding carboxylic acids is 1. The number of benzene rings is 1. The zero-order valence-electron chi connectivity index (χ0n) is 14.1. The Morgan fingerprint density at radius 3 is 2.78 bits per heavy atom. The molecular weight excluding hydrogens is 410 g/mol. The molecule has 0 fully saturated rings. The summed E-state index contributed by atoms with van der Waals surface area (Å²) in [7, 11) is 0. The van der Waals surface area contributed by atoms with Gasteiger partial charge in [0.15, 0.2) is 0 Å². The van der Waals surface area contributed by atoms with Crippen molar-refractivity contribution in [1.29, 1.82) is 0 Å². The lowest BCUT2D eigenvalue weighted by atomic mass is 10.0. The molecule has 0 radical (unpaired) electrons. The molecule has 1 aromatic carbocycles. The first-order chi connectivity index (χ1) is 13.0. The summed E-state index contributed by atoms with van der Waals surface area (Å²) in [5, 5.41) is 5.42. The molecule has 3 heterocycles. The first-order valence-corrected chi connectivity index (χ1v) is 9.56. The molecule has 1 atom stereocenters. The zero-order valence-corrected chi connectivity index (χ0v) is 16.4. The second kappa shape index (κ2) is 7.14. The highest BCUT2D eigenvalue weighted by molar-refractivity contribution is 7.94. The third kappa shape index (κ3) is 3.20. The summed E-state index contributed by atoms with van der Waals surface area (Å²) in [4.78, 5) is 18.8. The molecule has 1 aliphatic rings. The van der Waals surface area contributed by atoms with Gasteiger partial charge in [-0.05, 0) is 42.8 Å². The lowest BCUT2D eigenvalue weighted by Crippen LogP contribution is -2.42. The second-order valence-corrected chi connectivity index (χ2v) is 7.56. The SMILES string of the molecule is CC1CN(c2ccc(Cl)c(Cl)c2)C(=O)c2c(-c3ccnc(SF)c3)cnn21. The molecule has 0 spiro atoms. The van der Waals surface area contributed by atoms with E-state index in [4.69, 9.17) is 23.2 Å². The van der Waals surface area contributed by atoms with Gasteiger partial charge in [-0.2, -0.15) is 8.98 Å². The molecule has 3 aromatic rings. The van der Waals surface area contributed by atoms with Crippen LogP contribution in [0.1, 0.15) is 23.5 Å². The fourth-order valence-electron chi connectivity index (χ4n) is 3.17. The molecule has 1 amide bonds. The highest BCUT2D eigenvalue weighted by Crippen LogP contribution is 2.35. The lowest BCUT2D eigenvalue weighted by molar-refractivity contribution is 0.0954. The number of amides is 1. The number of hydrogen-bond acceptors (Lipinski definition) is 4. The molecule has 1 aliphatic heterocycles. The van der Waals surface area contributed by atoms with Crippen LogP contribution in [0.25, 0.3) is 11.1 Å². The maximum absolute atomic E-state index is 13.3. The lowest BCUT2D eigenvalue weighted by Gasteiger charge is -2.32. The maximum atomic E-state index is 13.3. The normalized spacial score (nSPS) is 16.5. The number of halogens is 3. The van der Waals surface area contributed by atoms with Crippen LogP contribution in [0.3, 0.4) is 0 Å². The maximum Gasteiger partial charge on any atom is 0.277 e. The highest BCUT2D eigenvalue weighted by Gasteiger charge is 2.34. The van der Waals surface area contributed by atoms with Crippen LogP contribution in [0.4, 0.5) is 9.57 Å². The van der Waals surface area contributed by atoms with Gasteiger partial charge in [0.1, 0.15) is 22.9 Å². The van der Waals surface area contributed by atoms with Gasteiger partial charge in [-0.3, -0.25) is 9.48 Å². The smallest absolute Gasteiger partial charge is 0.277 e. The quantitative estimate of drug-likeness (QED) is 0.562. The van der Waals surface area contributed by atoms with Crippen LogP contribution >= 0.6 is 35.3 Å². The Morgan fingerprint density at radius 1 is 1.22 bits per heavy atom. The Morgan fingerprint density at radius 2 is 2.04 bits per heavy atom. The van der Waals surface area contributed by atoms with Crippen molar-refractivity contribution < 1.29 is 8.68 Å². The molecule has 0 bridgehead atoms. The Balaban J connectivity index is 1.80. The summed E-state index contributed by atoms with van der Waals surface area (Å²) < 4.78 is 14.6. The van der Waals surface area contributed by atoms with Gasteiger partial charge < -0.3 is 4.90 Å². The second-order valence-electron chi connectivity index (χ2n) is 6.17. The van der Waals surface area contributed by atoms with Gasteiger partial charge in [0.05, 0.1) is 22.3 Å². The molecule has 9 heteroatoms. The highest BCUT2D eigenvalue weighted by atomic mass is 35.5. The summed E-state index contributed by atoms with van der Waals surface area (Å²) in [6, 6.07) is 8.38. The Hall–Kier alpha value is -2.09. The van der Waals surface area contributed by atoms with Gasteiger partial charge in [-0.1, -0.05) is 23.2 Å². The van der Waals surface area contributed by atoms with E-state index in [0.717, 1.165) is 0 Å². The fraction of sp³-hybridized carbons (Fsp3) is 0.167. The average Bonchev–Trinajstić information content (AvgIpc) is 3.13. The van der Waals surface area contributed by atoms with Crippen molar-refractivity contribution in [3.63, 3.8) is 0 Å². The summed E-state index contributed by atoms with van der Waals surface area (Å²) in [5.74, 6) is -0.203. The number of aromatic nitrogens is 3. The van der Waals surface area contributed by atoms with Crippen LogP contribution in [-0.4, -0.2) is 27.2 Å². The molecule has 2 aromatic heterocycles. The minimum absolute atomic E-state index is 0.0437. The first kappa shape index (κ1) is 18.3. The van der Waals surface area contributed by atoms with Crippen molar-refractivity contribution in [1.82, 2.24) is 14.8 Å². The summed E-state index contributed by atoms with van der Waals surface area (Å²) in [5.41, 5.74) is 2.42. The molecular formula is C18H13Cl2FN4OS. The largest absolute Gasteiger partial charge is 0.305 e. The fourth-order valence-corrected chi connectivity index (χ4v) is 3.73. The van der Waals surface area contributed by atoms with Crippen LogP contribution < -0.4 is 4.90 Å². The molecule has 0 saturated heterocycles. The van der Waals surface area contributed by atoms with E-state index in [1.807, 2.05) is 6.92 Å². The standard InChI is InChI=1S/C18H13Cl2FN4OS/c1-10-9-24(12-2-3-14(19)15(20)7-12)18(26)17-13(8-23-25(10)17)11-4-5-22-16(6-11)27-21/h2-8,10H,9H2,1H3. The van der Waals surface area contributed by atoms with E-state index in [9.17, 15) is 8.68 Å². The third-order valence-electron chi connectivity index (χ3n) is 4.45. The first-order valence-electron chi connectivity index (χ1n) is 8.09. The molecule has 1 unspecified atom stereocenters. The van der Waals surface area contributed by atoms with Crippen molar-refractivity contribution in [3.8, 4) is 11.1 Å². The van der Waals surface area contributed by atoms with Crippen molar-refractivity contribution >= 4 is 46.9 Å². The van der Waals surface area contributed by atoms with Crippen molar-refractivity contribution in [2.45, 2.75) is 18.0 Å². The van der Waals surface area contributed by atoms with Gasteiger partial charge in [-0.15, -0.1) is 0 Å². The van der Waals surface area contributed by atoms with Gasteiger partial charge in [-0.25, -0.2) is 4.98 Å². The zero-order chi connectivity index (χ0) is 19.1. The van der Waals surface area contributed by atoms with Gasteiger partial charge in [0.2, 0.25) is 0 Å². The molecule has 138 valence electrons. The predicted octanol–water partition coefficient (Wildman–Crippen LogP) is 5.45. The number of hydrogen-bond donors (Lipinski definition) is 0. The van der Waals surface area contributed by atoms with Crippen molar-refractivity contribution in [3.05, 3.63) is 58.5 Å². The predicted molar refractivity (Wildman–Crippen MR) is 105 cm³/mol. The van der Waals surface area contributed by atoms with E-state index in [1.54, 1.807) is 46.1 Å². The molecule has 0 N–H and O–H groups in total. The summed E-state index contributed by atoms with van der Waals surface area (Å²) >= 11 is 12.2. The van der Waals surface area contributed by atoms with E-state index >= 15 is 0 Å². The molecule has 0 saturated carbocycles. The van der Waals surface area contributed by atoms with Crippen molar-refractivity contribution in [2.75, 3.05) is 11.4 Å². The third-order valence-corrected chi connectivity index (χ3v) is 5.57. The summed E-state index contributed by atoms with van der Waals surface area (Å²) in [6.07, 6.45) is 3.14. The monoisotopic (exact) mass is 422 g/mol. The van der Waals surface area contributed by atoms with Gasteiger partial charge in [0.25, 0.3) is 5.91 Å². The van der Waals surface area contributed by atoms with Crippen molar-refractivity contribution in [2.24, 2.45) is 0 Å².